The highest BCUT2D eigenvalue weighted by molar-refractivity contribution is 5.89. The summed E-state index contributed by atoms with van der Waals surface area (Å²) in [6.45, 7) is 2.04. The first-order chi connectivity index (χ1) is 7.63. The molecule has 0 aliphatic carbocycles. The molecule has 0 unspecified atom stereocenters. The van der Waals surface area contributed by atoms with Gasteiger partial charge in [0.15, 0.2) is 5.82 Å². The van der Waals surface area contributed by atoms with Crippen molar-refractivity contribution in [3.05, 3.63) is 24.2 Å². The number of rotatable bonds is 3. The van der Waals surface area contributed by atoms with Crippen LogP contribution in [0.25, 0.3) is 0 Å². The number of anilines is 1. The van der Waals surface area contributed by atoms with Crippen LogP contribution in [0, 0.1) is 6.92 Å². The lowest BCUT2D eigenvalue weighted by Gasteiger charge is -2.01. The zero-order chi connectivity index (χ0) is 11.5. The molecule has 0 aromatic carbocycles. The monoisotopic (exact) mass is 220 g/mol. The van der Waals surface area contributed by atoms with Crippen molar-refractivity contribution in [2.45, 2.75) is 13.5 Å². The zero-order valence-corrected chi connectivity index (χ0v) is 9.08. The van der Waals surface area contributed by atoms with E-state index in [-0.39, 0.29) is 12.5 Å². The lowest BCUT2D eigenvalue weighted by molar-refractivity contribution is -0.116. The number of nitrogens with one attached hydrogen (secondary N) is 1. The van der Waals surface area contributed by atoms with E-state index in [0.29, 0.717) is 5.82 Å². The molecule has 0 aliphatic heterocycles. The van der Waals surface area contributed by atoms with E-state index in [1.807, 2.05) is 13.0 Å². The summed E-state index contributed by atoms with van der Waals surface area (Å²) < 4.78 is 3.09. The summed E-state index contributed by atoms with van der Waals surface area (Å²) >= 11 is 0. The molecular formula is C9H12N6O. The average Bonchev–Trinajstić information content (AvgIpc) is 2.76. The molecule has 0 fully saturated rings. The Morgan fingerprint density at radius 3 is 2.94 bits per heavy atom. The topological polar surface area (TPSA) is 77.6 Å². The zero-order valence-electron chi connectivity index (χ0n) is 9.08. The van der Waals surface area contributed by atoms with Gasteiger partial charge in [-0.1, -0.05) is 5.21 Å². The van der Waals surface area contributed by atoms with Crippen LogP contribution in [-0.2, 0) is 18.4 Å². The van der Waals surface area contributed by atoms with Crippen molar-refractivity contribution < 1.29 is 4.79 Å². The summed E-state index contributed by atoms with van der Waals surface area (Å²) in [6, 6.07) is 1.84. The summed E-state index contributed by atoms with van der Waals surface area (Å²) in [5.74, 6) is 0.264. The van der Waals surface area contributed by atoms with E-state index in [9.17, 15) is 4.79 Å². The van der Waals surface area contributed by atoms with E-state index in [4.69, 9.17) is 0 Å². The second kappa shape index (κ2) is 4.13. The SMILES string of the molecule is Cc1ccn(CC(=O)Nc2cn(C)nn2)n1. The number of aromatic nitrogens is 5. The number of carbonyl (C=O) groups excluding carboxylic acids is 1. The fourth-order valence-corrected chi connectivity index (χ4v) is 1.29. The van der Waals surface area contributed by atoms with Crippen LogP contribution in [0.4, 0.5) is 5.82 Å². The third kappa shape index (κ3) is 2.44. The molecule has 7 heteroatoms. The highest BCUT2D eigenvalue weighted by Gasteiger charge is 2.06. The smallest absolute Gasteiger partial charge is 0.247 e. The maximum Gasteiger partial charge on any atom is 0.247 e. The molecule has 7 nitrogen and oxygen atoms in total. The first-order valence-electron chi connectivity index (χ1n) is 4.80. The second-order valence-electron chi connectivity index (χ2n) is 3.48. The lowest BCUT2D eigenvalue weighted by atomic mass is 10.5. The first kappa shape index (κ1) is 10.3. The Kier molecular flexibility index (Phi) is 2.67. The van der Waals surface area contributed by atoms with Gasteiger partial charge < -0.3 is 5.32 Å². The van der Waals surface area contributed by atoms with E-state index in [0.717, 1.165) is 5.69 Å². The molecular weight excluding hydrogens is 208 g/mol. The average molecular weight is 220 g/mol. The number of amides is 1. The maximum atomic E-state index is 11.6. The molecule has 1 amide bonds. The van der Waals surface area contributed by atoms with Gasteiger partial charge in [-0.25, -0.2) is 0 Å². The Labute approximate surface area is 92.1 Å². The normalized spacial score (nSPS) is 10.4. The number of aryl methyl sites for hydroxylation is 2. The number of hydrogen-bond donors (Lipinski definition) is 1. The molecule has 0 saturated carbocycles. The molecule has 0 spiro atoms. The number of carbonyl (C=O) groups is 1. The first-order valence-corrected chi connectivity index (χ1v) is 4.80. The van der Waals surface area contributed by atoms with E-state index >= 15 is 0 Å². The summed E-state index contributed by atoms with van der Waals surface area (Å²) in [5.41, 5.74) is 0.882. The molecule has 84 valence electrons. The van der Waals surface area contributed by atoms with Gasteiger partial charge in [0.25, 0.3) is 0 Å². The molecule has 0 bridgehead atoms. The predicted molar refractivity (Wildman–Crippen MR) is 56.6 cm³/mol. The van der Waals surface area contributed by atoms with Gasteiger partial charge in [0, 0.05) is 13.2 Å². The molecule has 0 radical (unpaired) electrons. The molecule has 2 aromatic heterocycles. The molecule has 2 rings (SSSR count). The van der Waals surface area contributed by atoms with Crippen LogP contribution in [0.1, 0.15) is 5.69 Å². The van der Waals surface area contributed by atoms with E-state index in [2.05, 4.69) is 20.7 Å². The molecule has 0 aliphatic rings. The third-order valence-electron chi connectivity index (χ3n) is 1.95. The van der Waals surface area contributed by atoms with Gasteiger partial charge >= 0.3 is 0 Å². The Morgan fingerprint density at radius 2 is 2.38 bits per heavy atom. The van der Waals surface area contributed by atoms with Crippen molar-refractivity contribution in [2.24, 2.45) is 7.05 Å². The van der Waals surface area contributed by atoms with Gasteiger partial charge in [-0.05, 0) is 13.0 Å². The quantitative estimate of drug-likeness (QED) is 0.787. The van der Waals surface area contributed by atoms with Crippen LogP contribution >= 0.6 is 0 Å². The molecule has 0 saturated heterocycles. The highest BCUT2D eigenvalue weighted by atomic mass is 16.2. The van der Waals surface area contributed by atoms with Gasteiger partial charge in [-0.15, -0.1) is 5.10 Å². The van der Waals surface area contributed by atoms with Gasteiger partial charge in [-0.2, -0.15) is 5.10 Å². The van der Waals surface area contributed by atoms with Crippen LogP contribution in [-0.4, -0.2) is 30.7 Å². The van der Waals surface area contributed by atoms with E-state index in [1.54, 1.807) is 24.1 Å². The van der Waals surface area contributed by atoms with Gasteiger partial charge in [0.1, 0.15) is 6.54 Å². The van der Waals surface area contributed by atoms with E-state index in [1.165, 1.54) is 4.68 Å². The Bertz CT molecular complexity index is 455. The van der Waals surface area contributed by atoms with Crippen molar-refractivity contribution in [1.29, 1.82) is 0 Å². The number of hydrogen-bond acceptors (Lipinski definition) is 4. The minimum atomic E-state index is -0.177. The minimum absolute atomic E-state index is 0.171. The fraction of sp³-hybridized carbons (Fsp3) is 0.333. The van der Waals surface area contributed by atoms with Crippen LogP contribution in [0.2, 0.25) is 0 Å². The Morgan fingerprint density at radius 1 is 1.56 bits per heavy atom. The molecule has 0 atom stereocenters. The van der Waals surface area contributed by atoms with Crippen LogP contribution in [0.5, 0.6) is 0 Å². The Hall–Kier alpha value is -2.18. The number of nitrogens with zero attached hydrogens (tertiary/aromatic N) is 5. The summed E-state index contributed by atoms with van der Waals surface area (Å²) in [5, 5.41) is 14.2. The third-order valence-corrected chi connectivity index (χ3v) is 1.95. The van der Waals surface area contributed by atoms with Crippen molar-refractivity contribution in [3.63, 3.8) is 0 Å². The largest absolute Gasteiger partial charge is 0.306 e. The summed E-state index contributed by atoms with van der Waals surface area (Å²) in [4.78, 5) is 11.6. The predicted octanol–water partition coefficient (Wildman–Crippen LogP) is -0.0413. The van der Waals surface area contributed by atoms with Crippen molar-refractivity contribution >= 4 is 11.7 Å². The summed E-state index contributed by atoms with van der Waals surface area (Å²) in [6.07, 6.45) is 3.39. The molecule has 2 aromatic rings. The summed E-state index contributed by atoms with van der Waals surface area (Å²) in [7, 11) is 1.74. The molecule has 16 heavy (non-hydrogen) atoms. The van der Waals surface area contributed by atoms with Crippen molar-refractivity contribution in [2.75, 3.05) is 5.32 Å². The minimum Gasteiger partial charge on any atom is -0.306 e. The Balaban J connectivity index is 1.94. The highest BCUT2D eigenvalue weighted by Crippen LogP contribution is 1.99. The molecule has 1 N–H and O–H groups in total. The standard InChI is InChI=1S/C9H12N6O/c1-7-3-4-15(12-7)6-9(16)10-8-5-14(2)13-11-8/h3-5H,6H2,1-2H3,(H,10,16). The van der Waals surface area contributed by atoms with E-state index < -0.39 is 0 Å². The van der Waals surface area contributed by atoms with Gasteiger partial charge in [-0.3, -0.25) is 14.2 Å². The lowest BCUT2D eigenvalue weighted by Crippen LogP contribution is -2.19. The fourth-order valence-electron chi connectivity index (χ4n) is 1.29. The van der Waals surface area contributed by atoms with Crippen molar-refractivity contribution in [3.8, 4) is 0 Å². The second-order valence-corrected chi connectivity index (χ2v) is 3.48. The van der Waals surface area contributed by atoms with Crippen LogP contribution in [0.3, 0.4) is 0 Å². The van der Waals surface area contributed by atoms with Gasteiger partial charge in [0.05, 0.1) is 11.9 Å². The molecule has 2 heterocycles. The van der Waals surface area contributed by atoms with Crippen LogP contribution in [0.15, 0.2) is 18.5 Å². The van der Waals surface area contributed by atoms with Crippen molar-refractivity contribution in [1.82, 2.24) is 24.8 Å². The maximum absolute atomic E-state index is 11.6. The van der Waals surface area contributed by atoms with Crippen LogP contribution < -0.4 is 5.32 Å². The van der Waals surface area contributed by atoms with Gasteiger partial charge in [0.2, 0.25) is 5.91 Å².